The summed E-state index contributed by atoms with van der Waals surface area (Å²) in [6.07, 6.45) is 4.68. The van der Waals surface area contributed by atoms with Crippen LogP contribution in [-0.2, 0) is 9.53 Å². The molecule has 9 nitrogen and oxygen atoms in total. The smallest absolute Gasteiger partial charge is 0.257 e. The Hall–Kier alpha value is -3.46. The number of rotatable bonds is 4. The summed E-state index contributed by atoms with van der Waals surface area (Å²) >= 11 is 0. The van der Waals surface area contributed by atoms with E-state index in [1.165, 1.54) is 0 Å². The lowest BCUT2D eigenvalue weighted by Gasteiger charge is -2.36. The summed E-state index contributed by atoms with van der Waals surface area (Å²) in [5, 5.41) is 2.90. The summed E-state index contributed by atoms with van der Waals surface area (Å²) in [6, 6.07) is 8.30. The molecular weight excluding hydrogens is 460 g/mol. The molecule has 0 bridgehead atoms. The van der Waals surface area contributed by atoms with Crippen molar-refractivity contribution in [2.75, 3.05) is 39.2 Å². The Labute approximate surface area is 211 Å². The molecule has 1 saturated carbocycles. The van der Waals surface area contributed by atoms with Crippen molar-refractivity contribution in [2.24, 2.45) is 11.8 Å². The van der Waals surface area contributed by atoms with Gasteiger partial charge in [-0.3, -0.25) is 19.4 Å². The lowest BCUT2D eigenvalue weighted by atomic mass is 10.0. The van der Waals surface area contributed by atoms with Crippen molar-refractivity contribution in [3.8, 4) is 5.75 Å². The number of amides is 3. The minimum atomic E-state index is -0.295. The van der Waals surface area contributed by atoms with Crippen molar-refractivity contribution in [3.63, 3.8) is 0 Å². The molecule has 3 atom stereocenters. The van der Waals surface area contributed by atoms with Gasteiger partial charge in [0.05, 0.1) is 23.3 Å². The third-order valence-electron chi connectivity index (χ3n) is 6.83. The van der Waals surface area contributed by atoms with Crippen LogP contribution < -0.4 is 10.1 Å². The third kappa shape index (κ3) is 5.84. The summed E-state index contributed by atoms with van der Waals surface area (Å²) in [7, 11) is 3.33. The highest BCUT2D eigenvalue weighted by Gasteiger charge is 2.32. The molecule has 36 heavy (non-hydrogen) atoms. The minimum Gasteiger partial charge on any atom is -0.491 e. The standard InChI is InChI=1S/C27H34N4O5/c1-17-14-31(26(33)20-6-5-11-28-13-20)18(2)16-36-23-10-9-21(29-25(32)19-7-8-19)12-22(23)27(34)30(3)15-24(17)35-4/h5-6,9-13,17-19,24H,7-8,14-16H2,1-4H3,(H,29,32)/t17-,18+,24+/m1/s1. The number of methoxy groups -OCH3 is 1. The van der Waals surface area contributed by atoms with Gasteiger partial charge in [-0.1, -0.05) is 6.92 Å². The van der Waals surface area contributed by atoms with Crippen LogP contribution in [-0.4, -0.2) is 78.5 Å². The zero-order chi connectivity index (χ0) is 25.8. The van der Waals surface area contributed by atoms with E-state index in [1.807, 2.05) is 13.8 Å². The normalized spacial score (nSPS) is 23.1. The van der Waals surface area contributed by atoms with Gasteiger partial charge in [0.15, 0.2) is 0 Å². The largest absolute Gasteiger partial charge is 0.491 e. The van der Waals surface area contributed by atoms with Gasteiger partial charge in [-0.2, -0.15) is 0 Å². The molecule has 0 spiro atoms. The van der Waals surface area contributed by atoms with E-state index in [0.717, 1.165) is 12.8 Å². The summed E-state index contributed by atoms with van der Waals surface area (Å²) in [4.78, 5) is 46.6. The lowest BCUT2D eigenvalue weighted by molar-refractivity contribution is -0.117. The number of nitrogens with zero attached hydrogens (tertiary/aromatic N) is 3. The van der Waals surface area contributed by atoms with E-state index in [0.29, 0.717) is 35.7 Å². The molecular formula is C27H34N4O5. The first-order chi connectivity index (χ1) is 17.3. The van der Waals surface area contributed by atoms with Crippen LogP contribution in [0.3, 0.4) is 0 Å². The van der Waals surface area contributed by atoms with E-state index in [-0.39, 0.29) is 48.3 Å². The average Bonchev–Trinajstić information content (AvgIpc) is 3.74. The van der Waals surface area contributed by atoms with E-state index in [9.17, 15) is 14.4 Å². The van der Waals surface area contributed by atoms with Crippen molar-refractivity contribution in [3.05, 3.63) is 53.9 Å². The molecule has 1 aromatic heterocycles. The fourth-order valence-corrected chi connectivity index (χ4v) is 4.38. The Kier molecular flexibility index (Phi) is 7.88. The maximum absolute atomic E-state index is 13.5. The highest BCUT2D eigenvalue weighted by molar-refractivity contribution is 6.00. The molecule has 4 rings (SSSR count). The summed E-state index contributed by atoms with van der Waals surface area (Å²) in [6.45, 7) is 4.88. The Morgan fingerprint density at radius 2 is 1.94 bits per heavy atom. The summed E-state index contributed by atoms with van der Waals surface area (Å²) in [5.74, 6) is -0.0000637. The van der Waals surface area contributed by atoms with Crippen LogP contribution >= 0.6 is 0 Å². The summed E-state index contributed by atoms with van der Waals surface area (Å²) in [5.41, 5.74) is 1.41. The number of anilines is 1. The van der Waals surface area contributed by atoms with E-state index in [4.69, 9.17) is 9.47 Å². The molecule has 192 valence electrons. The van der Waals surface area contributed by atoms with Crippen molar-refractivity contribution >= 4 is 23.4 Å². The Morgan fingerprint density at radius 3 is 2.61 bits per heavy atom. The van der Waals surface area contributed by atoms with E-state index in [1.54, 1.807) is 66.7 Å². The molecule has 1 aliphatic carbocycles. The highest BCUT2D eigenvalue weighted by atomic mass is 16.5. The predicted octanol–water partition coefficient (Wildman–Crippen LogP) is 3.08. The quantitative estimate of drug-likeness (QED) is 0.701. The molecule has 2 aromatic rings. The van der Waals surface area contributed by atoms with Crippen LogP contribution in [0.15, 0.2) is 42.7 Å². The highest BCUT2D eigenvalue weighted by Crippen LogP contribution is 2.31. The lowest BCUT2D eigenvalue weighted by Crippen LogP contribution is -2.48. The van der Waals surface area contributed by atoms with Crippen LogP contribution in [0.5, 0.6) is 5.75 Å². The molecule has 0 radical (unpaired) electrons. The SMILES string of the molecule is CO[C@H]1CN(C)C(=O)c2cc(NC(=O)C3CC3)ccc2OC[C@H](C)N(C(=O)c2cccnc2)C[C@H]1C. The van der Waals surface area contributed by atoms with Crippen LogP contribution in [0.25, 0.3) is 0 Å². The first-order valence-corrected chi connectivity index (χ1v) is 12.4. The number of likely N-dealkylation sites (N-methyl/N-ethyl adjacent to an activating group) is 1. The van der Waals surface area contributed by atoms with Gasteiger partial charge < -0.3 is 24.6 Å². The first kappa shape index (κ1) is 25.6. The maximum atomic E-state index is 13.5. The monoisotopic (exact) mass is 494 g/mol. The van der Waals surface area contributed by atoms with Crippen molar-refractivity contribution < 1.29 is 23.9 Å². The zero-order valence-corrected chi connectivity index (χ0v) is 21.3. The molecule has 9 heteroatoms. The van der Waals surface area contributed by atoms with Gasteiger partial charge in [-0.05, 0) is 50.1 Å². The van der Waals surface area contributed by atoms with Crippen LogP contribution in [0.2, 0.25) is 0 Å². The Morgan fingerprint density at radius 1 is 1.17 bits per heavy atom. The number of benzene rings is 1. The molecule has 2 heterocycles. The van der Waals surface area contributed by atoms with E-state index >= 15 is 0 Å². The van der Waals surface area contributed by atoms with Gasteiger partial charge in [-0.15, -0.1) is 0 Å². The summed E-state index contributed by atoms with van der Waals surface area (Å²) < 4.78 is 11.9. The third-order valence-corrected chi connectivity index (χ3v) is 6.83. The van der Waals surface area contributed by atoms with E-state index in [2.05, 4.69) is 10.3 Å². The van der Waals surface area contributed by atoms with Crippen LogP contribution in [0, 0.1) is 11.8 Å². The number of hydrogen-bond donors (Lipinski definition) is 1. The molecule has 3 amide bonds. The van der Waals surface area contributed by atoms with Gasteiger partial charge in [-0.25, -0.2) is 0 Å². The molecule has 1 N–H and O–H groups in total. The zero-order valence-electron chi connectivity index (χ0n) is 21.3. The first-order valence-electron chi connectivity index (χ1n) is 12.4. The fraction of sp³-hybridized carbons (Fsp3) is 0.481. The van der Waals surface area contributed by atoms with Gasteiger partial charge in [0.2, 0.25) is 5.91 Å². The Bertz CT molecular complexity index is 1100. The molecule has 1 fully saturated rings. The number of carbonyl (C=O) groups is 3. The number of nitrogens with one attached hydrogen (secondary N) is 1. The second kappa shape index (κ2) is 11.1. The van der Waals surface area contributed by atoms with Gasteiger partial charge in [0, 0.05) is 57.2 Å². The van der Waals surface area contributed by atoms with Gasteiger partial charge >= 0.3 is 0 Å². The van der Waals surface area contributed by atoms with Crippen LogP contribution in [0.1, 0.15) is 47.4 Å². The number of aromatic nitrogens is 1. The molecule has 0 saturated heterocycles. The number of pyridine rings is 1. The van der Waals surface area contributed by atoms with Crippen molar-refractivity contribution in [1.29, 1.82) is 0 Å². The molecule has 2 aliphatic rings. The molecule has 1 aliphatic heterocycles. The number of ether oxygens (including phenoxy) is 2. The van der Waals surface area contributed by atoms with Crippen LogP contribution in [0.4, 0.5) is 5.69 Å². The Balaban J connectivity index is 1.65. The van der Waals surface area contributed by atoms with E-state index < -0.39 is 0 Å². The molecule has 0 unspecified atom stereocenters. The topological polar surface area (TPSA) is 101 Å². The maximum Gasteiger partial charge on any atom is 0.257 e. The minimum absolute atomic E-state index is 0.0312. The number of hydrogen-bond acceptors (Lipinski definition) is 6. The second-order valence-electron chi connectivity index (χ2n) is 9.77. The second-order valence-corrected chi connectivity index (χ2v) is 9.77. The van der Waals surface area contributed by atoms with Crippen molar-refractivity contribution in [1.82, 2.24) is 14.8 Å². The van der Waals surface area contributed by atoms with Crippen molar-refractivity contribution in [2.45, 2.75) is 38.8 Å². The van der Waals surface area contributed by atoms with Gasteiger partial charge in [0.1, 0.15) is 12.4 Å². The fourth-order valence-electron chi connectivity index (χ4n) is 4.38. The predicted molar refractivity (Wildman–Crippen MR) is 135 cm³/mol. The molecule has 1 aromatic carbocycles. The van der Waals surface area contributed by atoms with Gasteiger partial charge in [0.25, 0.3) is 11.8 Å². The number of carbonyl (C=O) groups excluding carboxylic acids is 3. The average molecular weight is 495 g/mol. The number of fused-ring (bicyclic) bond motifs is 1.